The Kier molecular flexibility index (Phi) is 5.38. The summed E-state index contributed by atoms with van der Waals surface area (Å²) < 4.78 is 5.51. The average Bonchev–Trinajstić information content (AvgIpc) is 2.93. The van der Waals surface area contributed by atoms with E-state index in [0.29, 0.717) is 18.3 Å². The average molecular weight is 294 g/mol. The highest BCUT2D eigenvalue weighted by atomic mass is 16.6. The molecule has 1 N–H and O–H groups in total. The van der Waals surface area contributed by atoms with Gasteiger partial charge in [-0.2, -0.15) is 0 Å². The summed E-state index contributed by atoms with van der Waals surface area (Å²) in [5.74, 6) is 0.829. The summed E-state index contributed by atoms with van der Waals surface area (Å²) in [4.78, 5) is 12.8. The Balaban J connectivity index is 2.15. The molecule has 0 spiro atoms. The number of nitrogens with zero attached hydrogens (tertiary/aromatic N) is 2. The van der Waals surface area contributed by atoms with E-state index in [1.54, 1.807) is 12.1 Å². The maximum atomic E-state index is 11.0. The Labute approximate surface area is 124 Å². The zero-order valence-corrected chi connectivity index (χ0v) is 12.3. The SMILES string of the molecule is CCCOc1cc(N2CCC(CCO)C2)ccc1[N+](=O)[O-]. The second-order valence-electron chi connectivity index (χ2n) is 5.37. The van der Waals surface area contributed by atoms with Crippen LogP contribution >= 0.6 is 0 Å². The second kappa shape index (κ2) is 7.26. The Morgan fingerprint density at radius 3 is 3.00 bits per heavy atom. The lowest BCUT2D eigenvalue weighted by Crippen LogP contribution is -2.20. The van der Waals surface area contributed by atoms with Crippen molar-refractivity contribution >= 4 is 11.4 Å². The van der Waals surface area contributed by atoms with E-state index in [-0.39, 0.29) is 12.3 Å². The third kappa shape index (κ3) is 3.85. The molecule has 1 aliphatic rings. The largest absolute Gasteiger partial charge is 0.487 e. The summed E-state index contributed by atoms with van der Waals surface area (Å²) in [5, 5.41) is 20.0. The molecule has 116 valence electrons. The van der Waals surface area contributed by atoms with Crippen LogP contribution in [0.25, 0.3) is 0 Å². The third-order valence-corrected chi connectivity index (χ3v) is 3.79. The van der Waals surface area contributed by atoms with E-state index in [2.05, 4.69) is 4.90 Å². The highest BCUT2D eigenvalue weighted by Crippen LogP contribution is 2.34. The van der Waals surface area contributed by atoms with E-state index in [9.17, 15) is 10.1 Å². The van der Waals surface area contributed by atoms with Crippen molar-refractivity contribution in [3.05, 3.63) is 28.3 Å². The molecule has 1 aliphatic heterocycles. The molecule has 1 aromatic carbocycles. The van der Waals surface area contributed by atoms with Gasteiger partial charge in [0.1, 0.15) is 0 Å². The van der Waals surface area contributed by atoms with Gasteiger partial charge in [0, 0.05) is 37.5 Å². The molecule has 1 atom stereocenters. The molecule has 0 amide bonds. The number of rotatable bonds is 7. The van der Waals surface area contributed by atoms with Crippen molar-refractivity contribution in [2.75, 3.05) is 31.2 Å². The van der Waals surface area contributed by atoms with Gasteiger partial charge in [0.15, 0.2) is 5.75 Å². The minimum atomic E-state index is -0.409. The molecule has 0 radical (unpaired) electrons. The van der Waals surface area contributed by atoms with Crippen molar-refractivity contribution in [2.24, 2.45) is 5.92 Å². The van der Waals surface area contributed by atoms with Crippen molar-refractivity contribution in [3.8, 4) is 5.75 Å². The first-order valence-corrected chi connectivity index (χ1v) is 7.42. The van der Waals surface area contributed by atoms with Gasteiger partial charge in [-0.25, -0.2) is 0 Å². The van der Waals surface area contributed by atoms with Gasteiger partial charge in [0.05, 0.1) is 11.5 Å². The zero-order chi connectivity index (χ0) is 15.2. The van der Waals surface area contributed by atoms with Crippen molar-refractivity contribution in [1.29, 1.82) is 0 Å². The number of hydrogen-bond donors (Lipinski definition) is 1. The summed E-state index contributed by atoms with van der Waals surface area (Å²) in [5.41, 5.74) is 0.963. The Morgan fingerprint density at radius 2 is 2.33 bits per heavy atom. The molecular formula is C15H22N2O4. The number of benzene rings is 1. The number of hydrogen-bond acceptors (Lipinski definition) is 5. The Hall–Kier alpha value is -1.82. The summed E-state index contributed by atoms with van der Waals surface area (Å²) in [6.07, 6.45) is 2.66. The van der Waals surface area contributed by atoms with Gasteiger partial charge in [-0.05, 0) is 31.2 Å². The predicted octanol–water partition coefficient (Wildman–Crippen LogP) is 2.59. The standard InChI is InChI=1S/C15H22N2O4/c1-2-9-21-15-10-13(3-4-14(15)17(19)20)16-7-5-12(11-16)6-8-18/h3-4,10,12,18H,2,5-9,11H2,1H3. The van der Waals surface area contributed by atoms with Gasteiger partial charge in [-0.3, -0.25) is 10.1 Å². The first-order chi connectivity index (χ1) is 10.2. The third-order valence-electron chi connectivity index (χ3n) is 3.79. The number of nitro benzene ring substituents is 1. The van der Waals surface area contributed by atoms with Crippen LogP contribution in [0.2, 0.25) is 0 Å². The summed E-state index contributed by atoms with van der Waals surface area (Å²) in [6.45, 7) is 4.44. The van der Waals surface area contributed by atoms with Gasteiger partial charge in [-0.1, -0.05) is 6.92 Å². The van der Waals surface area contributed by atoms with Crippen LogP contribution < -0.4 is 9.64 Å². The van der Waals surface area contributed by atoms with Crippen molar-refractivity contribution in [3.63, 3.8) is 0 Å². The molecule has 1 aromatic rings. The monoisotopic (exact) mass is 294 g/mol. The molecule has 6 nitrogen and oxygen atoms in total. The maximum absolute atomic E-state index is 11.0. The normalized spacial score (nSPS) is 18.0. The van der Waals surface area contributed by atoms with Gasteiger partial charge in [-0.15, -0.1) is 0 Å². The molecule has 0 saturated carbocycles. The lowest BCUT2D eigenvalue weighted by Gasteiger charge is -2.19. The van der Waals surface area contributed by atoms with Crippen LogP contribution in [-0.2, 0) is 0 Å². The lowest BCUT2D eigenvalue weighted by atomic mass is 10.1. The fourth-order valence-electron chi connectivity index (χ4n) is 2.66. The van der Waals surface area contributed by atoms with Gasteiger partial charge in [0.25, 0.3) is 0 Å². The molecule has 1 saturated heterocycles. The van der Waals surface area contributed by atoms with E-state index in [1.807, 2.05) is 6.92 Å². The molecule has 1 fully saturated rings. The first kappa shape index (κ1) is 15.6. The fraction of sp³-hybridized carbons (Fsp3) is 0.600. The van der Waals surface area contributed by atoms with Crippen LogP contribution in [0.15, 0.2) is 18.2 Å². The van der Waals surface area contributed by atoms with Crippen LogP contribution in [0.4, 0.5) is 11.4 Å². The molecule has 21 heavy (non-hydrogen) atoms. The Morgan fingerprint density at radius 1 is 1.52 bits per heavy atom. The first-order valence-electron chi connectivity index (χ1n) is 7.42. The fourth-order valence-corrected chi connectivity index (χ4v) is 2.66. The quantitative estimate of drug-likeness (QED) is 0.618. The van der Waals surface area contributed by atoms with E-state index in [0.717, 1.165) is 38.0 Å². The van der Waals surface area contributed by atoms with Crippen molar-refractivity contribution < 1.29 is 14.8 Å². The van der Waals surface area contributed by atoms with Crippen LogP contribution in [0, 0.1) is 16.0 Å². The van der Waals surface area contributed by atoms with Crippen molar-refractivity contribution in [2.45, 2.75) is 26.2 Å². The zero-order valence-electron chi connectivity index (χ0n) is 12.3. The maximum Gasteiger partial charge on any atom is 0.311 e. The minimum Gasteiger partial charge on any atom is -0.487 e. The number of nitro groups is 1. The molecule has 0 aromatic heterocycles. The minimum absolute atomic E-state index is 0.0123. The van der Waals surface area contributed by atoms with Crippen LogP contribution in [0.1, 0.15) is 26.2 Å². The molecule has 0 bridgehead atoms. The number of ether oxygens (including phenoxy) is 1. The number of anilines is 1. The second-order valence-corrected chi connectivity index (χ2v) is 5.37. The molecule has 1 heterocycles. The van der Waals surface area contributed by atoms with E-state index in [1.165, 1.54) is 6.07 Å². The van der Waals surface area contributed by atoms with Crippen LogP contribution in [-0.4, -0.2) is 36.3 Å². The highest BCUT2D eigenvalue weighted by molar-refractivity contribution is 5.59. The topological polar surface area (TPSA) is 75.8 Å². The van der Waals surface area contributed by atoms with E-state index in [4.69, 9.17) is 9.84 Å². The van der Waals surface area contributed by atoms with Gasteiger partial charge < -0.3 is 14.7 Å². The number of aliphatic hydroxyl groups is 1. The smallest absolute Gasteiger partial charge is 0.311 e. The molecule has 1 unspecified atom stereocenters. The van der Waals surface area contributed by atoms with E-state index < -0.39 is 4.92 Å². The summed E-state index contributed by atoms with van der Waals surface area (Å²) in [7, 11) is 0. The van der Waals surface area contributed by atoms with Gasteiger partial charge in [0.2, 0.25) is 0 Å². The highest BCUT2D eigenvalue weighted by Gasteiger charge is 2.24. The lowest BCUT2D eigenvalue weighted by molar-refractivity contribution is -0.385. The number of aliphatic hydroxyl groups excluding tert-OH is 1. The Bertz CT molecular complexity index is 493. The molecule has 2 rings (SSSR count). The molecular weight excluding hydrogens is 272 g/mol. The summed E-state index contributed by atoms with van der Waals surface area (Å²) in [6, 6.07) is 5.05. The van der Waals surface area contributed by atoms with E-state index >= 15 is 0 Å². The van der Waals surface area contributed by atoms with Crippen LogP contribution in [0.5, 0.6) is 5.75 Å². The predicted molar refractivity (Wildman–Crippen MR) is 80.9 cm³/mol. The van der Waals surface area contributed by atoms with Gasteiger partial charge >= 0.3 is 5.69 Å². The summed E-state index contributed by atoms with van der Waals surface area (Å²) >= 11 is 0. The molecule has 0 aliphatic carbocycles. The van der Waals surface area contributed by atoms with Crippen LogP contribution in [0.3, 0.4) is 0 Å². The van der Waals surface area contributed by atoms with Crippen molar-refractivity contribution in [1.82, 2.24) is 0 Å². The molecule has 6 heteroatoms.